The lowest BCUT2D eigenvalue weighted by Gasteiger charge is -2.27. The zero-order valence-corrected chi connectivity index (χ0v) is 14.7. The minimum atomic E-state index is -0.803. The smallest absolute Gasteiger partial charge is 0.257 e. The van der Waals surface area contributed by atoms with E-state index in [0.29, 0.717) is 12.2 Å². The van der Waals surface area contributed by atoms with Crippen LogP contribution in [0.25, 0.3) is 0 Å². The molecule has 5 nitrogen and oxygen atoms in total. The molecule has 1 aliphatic carbocycles. The van der Waals surface area contributed by atoms with Gasteiger partial charge in [0.15, 0.2) is 0 Å². The lowest BCUT2D eigenvalue weighted by molar-refractivity contribution is -0.140. The quantitative estimate of drug-likeness (QED) is 0.759. The Morgan fingerprint density at radius 1 is 1.19 bits per heavy atom. The zero-order valence-electron chi connectivity index (χ0n) is 13.9. The Hall–Kier alpha value is -2.54. The highest BCUT2D eigenvalue weighted by atomic mass is 32.1. The van der Waals surface area contributed by atoms with Crippen LogP contribution in [0.2, 0.25) is 0 Å². The molecule has 1 unspecified atom stereocenters. The van der Waals surface area contributed by atoms with Crippen LogP contribution in [0.5, 0.6) is 0 Å². The Balaban J connectivity index is 1.61. The molecule has 134 valence electrons. The van der Waals surface area contributed by atoms with Crippen LogP contribution in [0.15, 0.2) is 41.8 Å². The van der Waals surface area contributed by atoms with E-state index in [1.165, 1.54) is 35.6 Å². The van der Waals surface area contributed by atoms with Gasteiger partial charge in [0, 0.05) is 10.8 Å². The molecule has 0 spiro atoms. The highest BCUT2D eigenvalue weighted by Crippen LogP contribution is 2.35. The van der Waals surface area contributed by atoms with Crippen LogP contribution in [-0.2, 0) is 20.9 Å². The van der Waals surface area contributed by atoms with Gasteiger partial charge in [-0.05, 0) is 48.6 Å². The van der Waals surface area contributed by atoms with E-state index < -0.39 is 17.8 Å². The van der Waals surface area contributed by atoms with Crippen molar-refractivity contribution in [3.63, 3.8) is 0 Å². The van der Waals surface area contributed by atoms with Crippen molar-refractivity contribution in [2.24, 2.45) is 5.92 Å². The number of anilines is 1. The maximum absolute atomic E-state index is 13.1. The third kappa shape index (κ3) is 3.14. The summed E-state index contributed by atoms with van der Waals surface area (Å²) >= 11 is 1.51. The summed E-state index contributed by atoms with van der Waals surface area (Å²) in [6, 6.07) is 8.23. The van der Waals surface area contributed by atoms with Crippen molar-refractivity contribution in [3.8, 4) is 0 Å². The Kier molecular flexibility index (Phi) is 4.32. The molecule has 2 fully saturated rings. The van der Waals surface area contributed by atoms with Crippen LogP contribution in [0, 0.1) is 11.7 Å². The molecule has 0 N–H and O–H groups in total. The van der Waals surface area contributed by atoms with Crippen LogP contribution < -0.4 is 4.90 Å². The summed E-state index contributed by atoms with van der Waals surface area (Å²) in [5, 5.41) is 1.92. The number of halogens is 1. The van der Waals surface area contributed by atoms with Crippen molar-refractivity contribution < 1.29 is 18.8 Å². The minimum Gasteiger partial charge on any atom is -0.325 e. The molecule has 2 aromatic rings. The normalized spacial score (nSPS) is 19.9. The Morgan fingerprint density at radius 3 is 2.54 bits per heavy atom. The molecule has 1 aromatic carbocycles. The second kappa shape index (κ2) is 6.64. The molecule has 4 rings (SSSR count). The van der Waals surface area contributed by atoms with Crippen molar-refractivity contribution >= 4 is 34.7 Å². The molecule has 1 aliphatic heterocycles. The molecule has 1 atom stereocenters. The second-order valence-corrected chi connectivity index (χ2v) is 7.62. The molecule has 2 aliphatic rings. The molecular weight excluding hydrogens is 355 g/mol. The van der Waals surface area contributed by atoms with E-state index in [9.17, 15) is 18.8 Å². The maximum atomic E-state index is 13.1. The molecule has 2 heterocycles. The first kappa shape index (κ1) is 16.9. The van der Waals surface area contributed by atoms with E-state index in [-0.39, 0.29) is 24.2 Å². The molecule has 26 heavy (non-hydrogen) atoms. The number of amides is 3. The number of benzene rings is 1. The van der Waals surface area contributed by atoms with Gasteiger partial charge in [0.2, 0.25) is 11.8 Å². The van der Waals surface area contributed by atoms with E-state index in [2.05, 4.69) is 0 Å². The Labute approximate surface area is 154 Å². The van der Waals surface area contributed by atoms with Gasteiger partial charge in [0.25, 0.3) is 5.91 Å². The number of imide groups is 1. The Morgan fingerprint density at radius 2 is 1.92 bits per heavy atom. The van der Waals surface area contributed by atoms with E-state index in [1.54, 1.807) is 4.90 Å². The first-order chi connectivity index (χ1) is 12.5. The number of nitrogens with zero attached hydrogens (tertiary/aromatic N) is 2. The minimum absolute atomic E-state index is 0.0416. The summed E-state index contributed by atoms with van der Waals surface area (Å²) in [5.41, 5.74) is 0.332. The fourth-order valence-corrected chi connectivity index (χ4v) is 3.90. The second-order valence-electron chi connectivity index (χ2n) is 6.58. The number of hydrogen-bond acceptors (Lipinski definition) is 4. The number of hydrogen-bond donors (Lipinski definition) is 0. The fourth-order valence-electron chi connectivity index (χ4n) is 3.20. The fraction of sp³-hybridized carbons (Fsp3) is 0.316. The summed E-state index contributed by atoms with van der Waals surface area (Å²) < 4.78 is 13.1. The van der Waals surface area contributed by atoms with Gasteiger partial charge < -0.3 is 4.90 Å². The van der Waals surface area contributed by atoms with Crippen molar-refractivity contribution in [1.82, 2.24) is 4.90 Å². The van der Waals surface area contributed by atoms with Gasteiger partial charge >= 0.3 is 0 Å². The van der Waals surface area contributed by atoms with E-state index in [1.807, 2.05) is 17.5 Å². The summed E-state index contributed by atoms with van der Waals surface area (Å²) in [7, 11) is 0. The lowest BCUT2D eigenvalue weighted by Crippen LogP contribution is -2.45. The van der Waals surface area contributed by atoms with Crippen LogP contribution in [-0.4, -0.2) is 28.7 Å². The van der Waals surface area contributed by atoms with Gasteiger partial charge in [-0.3, -0.25) is 14.4 Å². The predicted molar refractivity (Wildman–Crippen MR) is 94.9 cm³/mol. The summed E-state index contributed by atoms with van der Waals surface area (Å²) in [6.07, 6.45) is 1.62. The number of rotatable bonds is 5. The van der Waals surface area contributed by atoms with Gasteiger partial charge in [-0.1, -0.05) is 6.07 Å². The molecule has 1 saturated heterocycles. The maximum Gasteiger partial charge on any atom is 0.257 e. The summed E-state index contributed by atoms with van der Waals surface area (Å²) in [4.78, 5) is 41.8. The molecule has 0 radical (unpaired) electrons. The Bertz CT molecular complexity index is 846. The number of carbonyl (C=O) groups excluding carboxylic acids is 3. The van der Waals surface area contributed by atoms with Crippen LogP contribution in [0.1, 0.15) is 24.1 Å². The van der Waals surface area contributed by atoms with Gasteiger partial charge in [0.1, 0.15) is 11.9 Å². The molecule has 3 amide bonds. The van der Waals surface area contributed by atoms with Crippen molar-refractivity contribution in [1.29, 1.82) is 0 Å². The first-order valence-corrected chi connectivity index (χ1v) is 9.38. The standard InChI is InChI=1S/C19H17FN2O3S/c20-13-5-7-14(8-6-13)22-17(23)10-16(19(22)25)21(18(24)12-3-4-12)11-15-2-1-9-26-15/h1-2,5-9,12,16H,3-4,10-11H2. The van der Waals surface area contributed by atoms with Crippen molar-refractivity contribution in [2.45, 2.75) is 31.8 Å². The molecule has 0 bridgehead atoms. The lowest BCUT2D eigenvalue weighted by atomic mass is 10.1. The molecule has 7 heteroatoms. The summed E-state index contributed by atoms with van der Waals surface area (Å²) in [6.45, 7) is 0.327. The molecule has 1 saturated carbocycles. The highest BCUT2D eigenvalue weighted by Gasteiger charge is 2.46. The van der Waals surface area contributed by atoms with Crippen LogP contribution in [0.4, 0.5) is 10.1 Å². The molecule has 1 aromatic heterocycles. The van der Waals surface area contributed by atoms with Crippen LogP contribution >= 0.6 is 11.3 Å². The highest BCUT2D eigenvalue weighted by molar-refractivity contribution is 7.09. The number of thiophene rings is 1. The van der Waals surface area contributed by atoms with E-state index in [4.69, 9.17) is 0 Å². The third-order valence-electron chi connectivity index (χ3n) is 4.70. The van der Waals surface area contributed by atoms with Crippen LogP contribution in [0.3, 0.4) is 0 Å². The van der Waals surface area contributed by atoms with Crippen molar-refractivity contribution in [3.05, 3.63) is 52.5 Å². The molecular formula is C19H17FN2O3S. The van der Waals surface area contributed by atoms with E-state index >= 15 is 0 Å². The van der Waals surface area contributed by atoms with Gasteiger partial charge in [-0.2, -0.15) is 0 Å². The predicted octanol–water partition coefficient (Wildman–Crippen LogP) is 2.96. The first-order valence-electron chi connectivity index (χ1n) is 8.50. The van der Waals surface area contributed by atoms with Gasteiger partial charge in [0.05, 0.1) is 18.7 Å². The SMILES string of the molecule is O=C1CC(N(Cc2cccs2)C(=O)C2CC2)C(=O)N1c1ccc(F)cc1. The summed E-state index contributed by atoms with van der Waals surface area (Å²) in [5.74, 6) is -1.34. The monoisotopic (exact) mass is 372 g/mol. The van der Waals surface area contributed by atoms with Crippen molar-refractivity contribution in [2.75, 3.05) is 4.90 Å². The van der Waals surface area contributed by atoms with Gasteiger partial charge in [-0.15, -0.1) is 11.3 Å². The number of carbonyl (C=O) groups is 3. The third-order valence-corrected chi connectivity index (χ3v) is 5.56. The zero-order chi connectivity index (χ0) is 18.3. The topological polar surface area (TPSA) is 57.7 Å². The van der Waals surface area contributed by atoms with Gasteiger partial charge in [-0.25, -0.2) is 9.29 Å². The van der Waals surface area contributed by atoms with E-state index in [0.717, 1.165) is 22.6 Å². The average Bonchev–Trinajstić information content (AvgIpc) is 3.27. The largest absolute Gasteiger partial charge is 0.325 e. The average molecular weight is 372 g/mol.